The minimum atomic E-state index is 0.944. The highest BCUT2D eigenvalue weighted by Crippen LogP contribution is 2.23. The minimum absolute atomic E-state index is 0.944. The first kappa shape index (κ1) is 65.0. The zero-order chi connectivity index (χ0) is 51.3. The molecule has 72 heavy (non-hydrogen) atoms. The van der Waals surface area contributed by atoms with E-state index in [2.05, 4.69) is 99.9 Å². The third-order valence-electron chi connectivity index (χ3n) is 14.9. The molecule has 2 rings (SSSR count). The van der Waals surface area contributed by atoms with E-state index in [4.69, 9.17) is 9.98 Å². The van der Waals surface area contributed by atoms with Gasteiger partial charge in [0.25, 0.3) is 0 Å². The van der Waals surface area contributed by atoms with Gasteiger partial charge in [0.2, 0.25) is 0 Å². The molecule has 0 bridgehead atoms. The van der Waals surface area contributed by atoms with Gasteiger partial charge >= 0.3 is 0 Å². The summed E-state index contributed by atoms with van der Waals surface area (Å²) in [5.74, 6) is 14.0. The summed E-state index contributed by atoms with van der Waals surface area (Å²) in [5.41, 5.74) is 6.42. The van der Waals surface area contributed by atoms with Crippen molar-refractivity contribution >= 4 is 22.8 Å². The Morgan fingerprint density at radius 2 is 0.542 bits per heavy atom. The monoisotopic (exact) mass is 985 g/mol. The van der Waals surface area contributed by atoms with Gasteiger partial charge in [0.15, 0.2) is 0 Å². The van der Waals surface area contributed by atoms with Gasteiger partial charge in [0.05, 0.1) is 22.8 Å². The molecule has 0 aliphatic heterocycles. The van der Waals surface area contributed by atoms with Crippen molar-refractivity contribution in [3.05, 3.63) is 59.7 Å². The predicted molar refractivity (Wildman–Crippen MR) is 325 cm³/mol. The van der Waals surface area contributed by atoms with Crippen LogP contribution in [0.25, 0.3) is 0 Å². The Bertz CT molecular complexity index is 1690. The molecular weight excluding hydrogens is 869 g/mol. The second-order valence-corrected chi connectivity index (χ2v) is 22.0. The standard InChI is InChI=1S/C70H116N2/c1-5-9-13-16-19-21-23-25-27-29-31-33-35-37-39-41-43-45-47-50-55-65-57-53-59-67(63-65)71-69(61-12-8-4)70(62-52-49-18-15-11-7-3)72-68-60-54-58-66(64-68)56-51-48-46-44-42-40-38-36-34-32-30-28-26-24-22-20-17-14-10-6-2/h53-54,57-60,63-64H,5-49,52,61-62H2,1-4H3. The number of unbranched alkanes of at least 4 members (excludes halogenated alkanes) is 42. The molecule has 0 saturated heterocycles. The van der Waals surface area contributed by atoms with Crippen molar-refractivity contribution in [3.63, 3.8) is 0 Å². The quantitative estimate of drug-likeness (QED) is 0.0359. The summed E-state index contributed by atoms with van der Waals surface area (Å²) in [4.78, 5) is 10.7. The highest BCUT2D eigenvalue weighted by molar-refractivity contribution is 6.43. The number of rotatable bonds is 49. The fourth-order valence-corrected chi connectivity index (χ4v) is 10.1. The van der Waals surface area contributed by atoms with Crippen LogP contribution in [0, 0.1) is 23.7 Å². The summed E-state index contributed by atoms with van der Waals surface area (Å²) in [6.07, 6.45) is 64.5. The molecule has 0 saturated carbocycles. The topological polar surface area (TPSA) is 24.7 Å². The van der Waals surface area contributed by atoms with Crippen molar-refractivity contribution in [2.75, 3.05) is 0 Å². The van der Waals surface area contributed by atoms with Gasteiger partial charge in [-0.2, -0.15) is 0 Å². The van der Waals surface area contributed by atoms with Gasteiger partial charge in [0, 0.05) is 24.0 Å². The Hall–Kier alpha value is -3.10. The third-order valence-corrected chi connectivity index (χ3v) is 14.9. The molecule has 0 aromatic heterocycles. The molecule has 0 atom stereocenters. The second-order valence-electron chi connectivity index (χ2n) is 22.0. The number of aliphatic imine (C=N–C) groups is 2. The zero-order valence-electron chi connectivity index (χ0n) is 48.5. The van der Waals surface area contributed by atoms with Crippen molar-refractivity contribution in [2.24, 2.45) is 9.98 Å². The maximum absolute atomic E-state index is 5.38. The highest BCUT2D eigenvalue weighted by atomic mass is 14.8. The normalized spacial score (nSPS) is 11.7. The molecule has 0 N–H and O–H groups in total. The van der Waals surface area contributed by atoms with Crippen molar-refractivity contribution < 1.29 is 0 Å². The van der Waals surface area contributed by atoms with Crippen molar-refractivity contribution in [1.82, 2.24) is 0 Å². The molecule has 406 valence electrons. The Labute approximate surface area is 449 Å². The first-order valence-corrected chi connectivity index (χ1v) is 32.0. The predicted octanol–water partition coefficient (Wildman–Crippen LogP) is 24.0. The smallest absolute Gasteiger partial charge is 0.0646 e. The summed E-state index contributed by atoms with van der Waals surface area (Å²) < 4.78 is 0. The van der Waals surface area contributed by atoms with E-state index in [1.54, 1.807) is 0 Å². The van der Waals surface area contributed by atoms with Crippen LogP contribution < -0.4 is 0 Å². The number of benzene rings is 2. The number of hydrogen-bond acceptors (Lipinski definition) is 2. The van der Waals surface area contributed by atoms with E-state index < -0.39 is 0 Å². The van der Waals surface area contributed by atoms with Crippen LogP contribution in [0.2, 0.25) is 0 Å². The second kappa shape index (κ2) is 51.4. The zero-order valence-corrected chi connectivity index (χ0v) is 48.5. The maximum atomic E-state index is 5.38. The molecule has 0 radical (unpaired) electrons. The van der Waals surface area contributed by atoms with Gasteiger partial charge in [-0.1, -0.05) is 320 Å². The Morgan fingerprint density at radius 1 is 0.292 bits per heavy atom. The Kier molecular flexibility index (Phi) is 46.4. The average molecular weight is 986 g/mol. The van der Waals surface area contributed by atoms with E-state index >= 15 is 0 Å². The summed E-state index contributed by atoms with van der Waals surface area (Å²) >= 11 is 0. The molecule has 2 heteroatoms. The molecule has 0 aliphatic carbocycles. The number of hydrogen-bond donors (Lipinski definition) is 0. The molecule has 2 nitrogen and oxygen atoms in total. The Balaban J connectivity index is 1.82. The third kappa shape index (κ3) is 40.3. The lowest BCUT2D eigenvalue weighted by atomic mass is 10.0. The van der Waals surface area contributed by atoms with Gasteiger partial charge in [-0.3, -0.25) is 9.98 Å². The molecule has 2 aromatic carbocycles. The SMILES string of the molecule is CCCCCCCCCCCCCCCCCCCCC#Cc1cccc(N=C(CCCC)C(CCCCCCCC)=Nc2cccc(C#CCCCCCCCCCCCCCCCCCCCC)c2)c1. The highest BCUT2D eigenvalue weighted by Gasteiger charge is 2.11. The van der Waals surface area contributed by atoms with E-state index in [1.807, 2.05) is 0 Å². The Morgan fingerprint density at radius 3 is 0.833 bits per heavy atom. The van der Waals surface area contributed by atoms with Gasteiger partial charge in [-0.15, -0.1) is 0 Å². The van der Waals surface area contributed by atoms with Crippen molar-refractivity contribution in [1.29, 1.82) is 0 Å². The van der Waals surface area contributed by atoms with Crippen molar-refractivity contribution in [3.8, 4) is 23.7 Å². The summed E-state index contributed by atoms with van der Waals surface area (Å²) in [5, 5.41) is 0. The minimum Gasteiger partial charge on any atom is -0.252 e. The molecule has 0 unspecified atom stereocenters. The average Bonchev–Trinajstić information content (AvgIpc) is 3.39. The van der Waals surface area contributed by atoms with Crippen LogP contribution in [-0.2, 0) is 0 Å². The van der Waals surface area contributed by atoms with Crippen LogP contribution in [-0.4, -0.2) is 11.4 Å². The molecule has 0 fully saturated rings. The van der Waals surface area contributed by atoms with E-state index in [0.717, 1.165) is 78.9 Å². The van der Waals surface area contributed by atoms with E-state index in [9.17, 15) is 0 Å². The van der Waals surface area contributed by atoms with Crippen LogP contribution in [0.4, 0.5) is 11.4 Å². The molecular formula is C70H116N2. The summed E-state index contributed by atoms with van der Waals surface area (Å²) in [6.45, 7) is 9.19. The molecule has 0 spiro atoms. The fourth-order valence-electron chi connectivity index (χ4n) is 10.1. The van der Waals surface area contributed by atoms with Crippen LogP contribution in [0.5, 0.6) is 0 Å². The summed E-state index contributed by atoms with van der Waals surface area (Å²) in [6, 6.07) is 17.2. The fraction of sp³-hybridized carbons (Fsp3) is 0.743. The van der Waals surface area contributed by atoms with Crippen LogP contribution in [0.15, 0.2) is 58.5 Å². The largest absolute Gasteiger partial charge is 0.252 e. The lowest BCUT2D eigenvalue weighted by Gasteiger charge is -2.12. The lowest BCUT2D eigenvalue weighted by molar-refractivity contribution is 0.525. The van der Waals surface area contributed by atoms with E-state index in [-0.39, 0.29) is 0 Å². The van der Waals surface area contributed by atoms with E-state index in [0.29, 0.717) is 0 Å². The molecule has 2 aromatic rings. The van der Waals surface area contributed by atoms with Crippen molar-refractivity contribution in [2.45, 2.75) is 336 Å². The van der Waals surface area contributed by atoms with E-state index in [1.165, 1.54) is 263 Å². The van der Waals surface area contributed by atoms with Crippen LogP contribution >= 0.6 is 0 Å². The molecule has 0 amide bonds. The van der Waals surface area contributed by atoms with Gasteiger partial charge in [-0.05, 0) is 74.9 Å². The summed E-state index contributed by atoms with van der Waals surface area (Å²) in [7, 11) is 0. The van der Waals surface area contributed by atoms with Crippen LogP contribution in [0.3, 0.4) is 0 Å². The van der Waals surface area contributed by atoms with Gasteiger partial charge in [-0.25, -0.2) is 0 Å². The molecule has 0 aliphatic rings. The number of nitrogens with zero attached hydrogens (tertiary/aromatic N) is 2. The van der Waals surface area contributed by atoms with Crippen LogP contribution in [0.1, 0.15) is 347 Å². The van der Waals surface area contributed by atoms with Gasteiger partial charge < -0.3 is 0 Å². The molecule has 0 heterocycles. The first-order valence-electron chi connectivity index (χ1n) is 32.0. The lowest BCUT2D eigenvalue weighted by Crippen LogP contribution is -2.14. The first-order chi connectivity index (χ1) is 35.7. The maximum Gasteiger partial charge on any atom is 0.0646 e. The van der Waals surface area contributed by atoms with Gasteiger partial charge in [0.1, 0.15) is 0 Å².